The van der Waals surface area contributed by atoms with Crippen LogP contribution < -0.4 is 5.32 Å². The summed E-state index contributed by atoms with van der Waals surface area (Å²) in [6.45, 7) is 9.27. The van der Waals surface area contributed by atoms with Crippen molar-refractivity contribution in [3.05, 3.63) is 0 Å². The molecule has 0 aromatic rings. The topological polar surface area (TPSA) is 18.5 Å². The van der Waals surface area contributed by atoms with E-state index in [2.05, 4.69) is 15.1 Å². The summed E-state index contributed by atoms with van der Waals surface area (Å²) in [5.74, 6) is 0.977. The van der Waals surface area contributed by atoms with Gasteiger partial charge in [-0.3, -0.25) is 0 Å². The highest BCUT2D eigenvalue weighted by Crippen LogP contribution is 2.20. The number of nitrogens with one attached hydrogen (secondary N) is 1. The van der Waals surface area contributed by atoms with Crippen LogP contribution in [0.25, 0.3) is 0 Å². The number of likely N-dealkylation sites (tertiary alicyclic amines) is 2. The molecular formula is C18H35N3. The van der Waals surface area contributed by atoms with E-state index in [1.165, 1.54) is 104 Å². The van der Waals surface area contributed by atoms with E-state index < -0.39 is 0 Å². The van der Waals surface area contributed by atoms with Crippen molar-refractivity contribution in [2.24, 2.45) is 5.92 Å². The highest BCUT2D eigenvalue weighted by molar-refractivity contribution is 4.78. The molecule has 0 aromatic heterocycles. The standard InChI is InChI=1S/C18H35N3/c1-2-6-18(7-3-1)19-10-15-20-13-8-17(9-14-20)16-21-11-4-5-12-21/h17-19H,1-16H2. The second kappa shape index (κ2) is 8.50. The van der Waals surface area contributed by atoms with Crippen LogP contribution in [-0.2, 0) is 0 Å². The summed E-state index contributed by atoms with van der Waals surface area (Å²) >= 11 is 0. The molecule has 3 aliphatic rings. The van der Waals surface area contributed by atoms with Gasteiger partial charge in [0, 0.05) is 25.7 Å². The highest BCUT2D eigenvalue weighted by Gasteiger charge is 2.22. The molecule has 2 saturated heterocycles. The van der Waals surface area contributed by atoms with Crippen molar-refractivity contribution >= 4 is 0 Å². The van der Waals surface area contributed by atoms with Gasteiger partial charge >= 0.3 is 0 Å². The van der Waals surface area contributed by atoms with E-state index in [0.717, 1.165) is 12.0 Å². The van der Waals surface area contributed by atoms with Crippen molar-refractivity contribution < 1.29 is 0 Å². The lowest BCUT2D eigenvalue weighted by Gasteiger charge is -2.34. The zero-order valence-electron chi connectivity index (χ0n) is 13.9. The molecule has 122 valence electrons. The van der Waals surface area contributed by atoms with Crippen LogP contribution in [0.4, 0.5) is 0 Å². The van der Waals surface area contributed by atoms with E-state index in [4.69, 9.17) is 0 Å². The van der Waals surface area contributed by atoms with Crippen molar-refractivity contribution in [2.45, 2.75) is 63.8 Å². The van der Waals surface area contributed by atoms with Crippen LogP contribution in [0.1, 0.15) is 57.8 Å². The third-order valence-electron chi connectivity index (χ3n) is 5.89. The molecule has 3 fully saturated rings. The monoisotopic (exact) mass is 293 g/mol. The van der Waals surface area contributed by atoms with Crippen molar-refractivity contribution in [1.82, 2.24) is 15.1 Å². The van der Waals surface area contributed by atoms with Gasteiger partial charge < -0.3 is 15.1 Å². The number of hydrogen-bond acceptors (Lipinski definition) is 3. The fourth-order valence-electron chi connectivity index (χ4n) is 4.46. The third-order valence-corrected chi connectivity index (χ3v) is 5.89. The molecule has 3 nitrogen and oxygen atoms in total. The summed E-state index contributed by atoms with van der Waals surface area (Å²) < 4.78 is 0. The normalized spacial score (nSPS) is 27.4. The molecular weight excluding hydrogens is 258 g/mol. The molecule has 3 rings (SSSR count). The zero-order chi connectivity index (χ0) is 14.3. The van der Waals surface area contributed by atoms with Gasteiger partial charge in [0.2, 0.25) is 0 Å². The van der Waals surface area contributed by atoms with E-state index in [9.17, 15) is 0 Å². The first-order valence-electron chi connectivity index (χ1n) is 9.58. The summed E-state index contributed by atoms with van der Waals surface area (Å²) in [7, 11) is 0. The van der Waals surface area contributed by atoms with E-state index >= 15 is 0 Å². The van der Waals surface area contributed by atoms with Gasteiger partial charge in [-0.2, -0.15) is 0 Å². The number of rotatable bonds is 6. The molecule has 2 aliphatic heterocycles. The maximum Gasteiger partial charge on any atom is 0.0107 e. The molecule has 3 heteroatoms. The molecule has 0 spiro atoms. The van der Waals surface area contributed by atoms with Crippen molar-refractivity contribution in [3.8, 4) is 0 Å². The predicted molar refractivity (Wildman–Crippen MR) is 89.7 cm³/mol. The lowest BCUT2D eigenvalue weighted by molar-refractivity contribution is 0.153. The largest absolute Gasteiger partial charge is 0.313 e. The average molecular weight is 293 g/mol. The van der Waals surface area contributed by atoms with Crippen LogP contribution in [-0.4, -0.2) is 61.7 Å². The van der Waals surface area contributed by atoms with Crippen LogP contribution in [0, 0.1) is 5.92 Å². The van der Waals surface area contributed by atoms with Crippen LogP contribution in [0.3, 0.4) is 0 Å². The lowest BCUT2D eigenvalue weighted by atomic mass is 9.95. The SMILES string of the molecule is C1CCC(NCCN2CCC(CN3CCCC3)CC2)CC1. The van der Waals surface area contributed by atoms with Gasteiger partial charge in [-0.05, 0) is 70.6 Å². The maximum absolute atomic E-state index is 3.79. The number of nitrogens with zero attached hydrogens (tertiary/aromatic N) is 2. The Hall–Kier alpha value is -0.120. The van der Waals surface area contributed by atoms with Crippen molar-refractivity contribution in [3.63, 3.8) is 0 Å². The van der Waals surface area contributed by atoms with Crippen molar-refractivity contribution in [2.75, 3.05) is 45.8 Å². The van der Waals surface area contributed by atoms with Crippen LogP contribution in [0.5, 0.6) is 0 Å². The molecule has 1 aliphatic carbocycles. The van der Waals surface area contributed by atoms with Gasteiger partial charge in [0.25, 0.3) is 0 Å². The Balaban J connectivity index is 1.25. The van der Waals surface area contributed by atoms with E-state index in [-0.39, 0.29) is 0 Å². The summed E-state index contributed by atoms with van der Waals surface area (Å²) in [6.07, 6.45) is 12.9. The Labute approximate surface area is 131 Å². The first-order valence-corrected chi connectivity index (χ1v) is 9.58. The van der Waals surface area contributed by atoms with Crippen LogP contribution in [0.2, 0.25) is 0 Å². The Morgan fingerprint density at radius 2 is 1.43 bits per heavy atom. The van der Waals surface area contributed by atoms with E-state index in [1.807, 2.05) is 0 Å². The summed E-state index contributed by atoms with van der Waals surface area (Å²) in [5.41, 5.74) is 0. The molecule has 0 radical (unpaired) electrons. The van der Waals surface area contributed by atoms with Crippen LogP contribution >= 0.6 is 0 Å². The first-order chi connectivity index (χ1) is 10.4. The van der Waals surface area contributed by atoms with Gasteiger partial charge in [-0.25, -0.2) is 0 Å². The minimum absolute atomic E-state index is 0.825. The van der Waals surface area contributed by atoms with Crippen LogP contribution in [0.15, 0.2) is 0 Å². The molecule has 0 bridgehead atoms. The minimum Gasteiger partial charge on any atom is -0.313 e. The molecule has 1 saturated carbocycles. The van der Waals surface area contributed by atoms with Gasteiger partial charge in [-0.15, -0.1) is 0 Å². The molecule has 0 unspecified atom stereocenters. The van der Waals surface area contributed by atoms with Crippen molar-refractivity contribution in [1.29, 1.82) is 0 Å². The quantitative estimate of drug-likeness (QED) is 0.812. The molecule has 1 N–H and O–H groups in total. The first kappa shape index (κ1) is 15.8. The third kappa shape index (κ3) is 5.22. The van der Waals surface area contributed by atoms with Gasteiger partial charge in [-0.1, -0.05) is 19.3 Å². The lowest BCUT2D eigenvalue weighted by Crippen LogP contribution is -2.42. The summed E-state index contributed by atoms with van der Waals surface area (Å²) in [4.78, 5) is 5.39. The second-order valence-electron chi connectivity index (χ2n) is 7.58. The molecule has 21 heavy (non-hydrogen) atoms. The number of piperidine rings is 1. The van der Waals surface area contributed by atoms with Gasteiger partial charge in [0.1, 0.15) is 0 Å². The summed E-state index contributed by atoms with van der Waals surface area (Å²) in [5, 5.41) is 3.79. The summed E-state index contributed by atoms with van der Waals surface area (Å²) in [6, 6.07) is 0.825. The smallest absolute Gasteiger partial charge is 0.0107 e. The number of hydrogen-bond donors (Lipinski definition) is 1. The molecule has 0 atom stereocenters. The van der Waals surface area contributed by atoms with Gasteiger partial charge in [0.05, 0.1) is 0 Å². The predicted octanol–water partition coefficient (Wildman–Crippen LogP) is 2.72. The zero-order valence-corrected chi connectivity index (χ0v) is 13.9. The second-order valence-corrected chi connectivity index (χ2v) is 7.58. The Bertz CT molecular complexity index is 274. The molecule has 2 heterocycles. The highest BCUT2D eigenvalue weighted by atomic mass is 15.2. The Kier molecular flexibility index (Phi) is 6.38. The Morgan fingerprint density at radius 3 is 2.14 bits per heavy atom. The Morgan fingerprint density at radius 1 is 0.714 bits per heavy atom. The van der Waals surface area contributed by atoms with E-state index in [1.54, 1.807) is 0 Å². The molecule has 0 aromatic carbocycles. The fourth-order valence-corrected chi connectivity index (χ4v) is 4.46. The average Bonchev–Trinajstić information content (AvgIpc) is 3.03. The maximum atomic E-state index is 3.79. The fraction of sp³-hybridized carbons (Fsp3) is 1.00. The van der Waals surface area contributed by atoms with E-state index in [0.29, 0.717) is 0 Å². The van der Waals surface area contributed by atoms with Gasteiger partial charge in [0.15, 0.2) is 0 Å². The minimum atomic E-state index is 0.825. The molecule has 0 amide bonds.